The summed E-state index contributed by atoms with van der Waals surface area (Å²) in [6.45, 7) is 1.79. The van der Waals surface area contributed by atoms with Crippen LogP contribution in [0.25, 0.3) is 0 Å². The van der Waals surface area contributed by atoms with Gasteiger partial charge in [-0.1, -0.05) is 0 Å². The second kappa shape index (κ2) is 6.67. The molecule has 0 atom stereocenters. The third-order valence-electron chi connectivity index (χ3n) is 3.74. The number of methoxy groups -OCH3 is 3. The normalized spacial score (nSPS) is 13.6. The van der Waals surface area contributed by atoms with Crippen LogP contribution in [0.1, 0.15) is 16.7 Å². The number of fused-ring (bicyclic) bond motifs is 1. The van der Waals surface area contributed by atoms with Gasteiger partial charge in [0, 0.05) is 29.8 Å². The Morgan fingerprint density at radius 2 is 2.05 bits per heavy atom. The molecule has 0 unspecified atom stereocenters. The highest BCUT2D eigenvalue weighted by Gasteiger charge is 2.28. The Morgan fingerprint density at radius 1 is 1.29 bits per heavy atom. The van der Waals surface area contributed by atoms with Crippen LogP contribution >= 0.6 is 0 Å². The zero-order chi connectivity index (χ0) is 15.4. The molecule has 6 heteroatoms. The topological polar surface area (TPSA) is 60.0 Å². The number of amides is 1. The van der Waals surface area contributed by atoms with Gasteiger partial charge in [0.05, 0.1) is 27.9 Å². The van der Waals surface area contributed by atoms with Crippen LogP contribution in [0.4, 0.5) is 4.79 Å². The fourth-order valence-corrected chi connectivity index (χ4v) is 2.79. The van der Waals surface area contributed by atoms with Crippen molar-refractivity contribution in [2.24, 2.45) is 0 Å². The lowest BCUT2D eigenvalue weighted by molar-refractivity contribution is 0.118. The lowest BCUT2D eigenvalue weighted by Crippen LogP contribution is -2.36. The maximum atomic E-state index is 11.7. The van der Waals surface area contributed by atoms with Gasteiger partial charge >= 0.3 is 6.09 Å². The average Bonchev–Trinajstić information content (AvgIpc) is 2.53. The van der Waals surface area contributed by atoms with Gasteiger partial charge in [0.1, 0.15) is 11.5 Å². The number of carbonyl (C=O) groups is 1. The third kappa shape index (κ3) is 2.90. The van der Waals surface area contributed by atoms with Gasteiger partial charge in [0.25, 0.3) is 0 Å². The van der Waals surface area contributed by atoms with E-state index in [4.69, 9.17) is 14.2 Å². The minimum absolute atomic E-state index is 0.319. The molecule has 1 aromatic rings. The van der Waals surface area contributed by atoms with Gasteiger partial charge < -0.3 is 24.4 Å². The molecule has 1 aliphatic heterocycles. The van der Waals surface area contributed by atoms with Crippen molar-refractivity contribution >= 4 is 6.09 Å². The standard InChI is InChI=1S/C15H22N2O4/c1-16-8-10-7-13(19-2)12-9-17(15(18)21-4)6-5-11(12)14(10)20-3/h7,16H,5-6,8-9H2,1-4H3. The number of ether oxygens (including phenoxy) is 3. The maximum Gasteiger partial charge on any atom is 0.409 e. The molecule has 1 amide bonds. The average molecular weight is 294 g/mol. The molecule has 0 saturated heterocycles. The number of benzene rings is 1. The van der Waals surface area contributed by atoms with E-state index in [2.05, 4.69) is 5.32 Å². The van der Waals surface area contributed by atoms with E-state index in [9.17, 15) is 4.79 Å². The molecule has 0 spiro atoms. The van der Waals surface area contributed by atoms with Crippen LogP contribution < -0.4 is 14.8 Å². The molecule has 0 saturated carbocycles. The Kier molecular flexibility index (Phi) is 4.90. The van der Waals surface area contributed by atoms with E-state index < -0.39 is 0 Å². The van der Waals surface area contributed by atoms with E-state index in [0.29, 0.717) is 19.6 Å². The van der Waals surface area contributed by atoms with Gasteiger partial charge in [-0.15, -0.1) is 0 Å². The molecular weight excluding hydrogens is 272 g/mol. The van der Waals surface area contributed by atoms with Crippen molar-refractivity contribution in [1.29, 1.82) is 0 Å². The first kappa shape index (κ1) is 15.4. The number of hydrogen-bond donors (Lipinski definition) is 1. The third-order valence-corrected chi connectivity index (χ3v) is 3.74. The van der Waals surface area contributed by atoms with E-state index in [1.165, 1.54) is 7.11 Å². The van der Waals surface area contributed by atoms with Crippen molar-refractivity contribution in [3.8, 4) is 11.5 Å². The molecule has 0 aromatic heterocycles. The lowest BCUT2D eigenvalue weighted by atomic mass is 9.94. The summed E-state index contributed by atoms with van der Waals surface area (Å²) < 4.78 is 15.9. The molecule has 6 nitrogen and oxygen atoms in total. The summed E-state index contributed by atoms with van der Waals surface area (Å²) in [5.41, 5.74) is 3.16. The second-order valence-corrected chi connectivity index (χ2v) is 4.90. The van der Waals surface area contributed by atoms with Crippen LogP contribution in [0.15, 0.2) is 6.07 Å². The largest absolute Gasteiger partial charge is 0.496 e. The highest BCUT2D eigenvalue weighted by atomic mass is 16.5. The van der Waals surface area contributed by atoms with E-state index in [0.717, 1.165) is 34.6 Å². The summed E-state index contributed by atoms with van der Waals surface area (Å²) in [5.74, 6) is 1.66. The molecular formula is C15H22N2O4. The molecule has 116 valence electrons. The summed E-state index contributed by atoms with van der Waals surface area (Å²) in [5, 5.41) is 3.13. The summed E-state index contributed by atoms with van der Waals surface area (Å²) in [6, 6.07) is 1.97. The maximum absolute atomic E-state index is 11.7. The molecule has 0 bridgehead atoms. The van der Waals surface area contributed by atoms with Crippen molar-refractivity contribution < 1.29 is 19.0 Å². The smallest absolute Gasteiger partial charge is 0.409 e. The Bertz CT molecular complexity index is 531. The summed E-state index contributed by atoms with van der Waals surface area (Å²) >= 11 is 0. The van der Waals surface area contributed by atoms with Crippen molar-refractivity contribution in [2.45, 2.75) is 19.5 Å². The van der Waals surface area contributed by atoms with Crippen LogP contribution in [0.3, 0.4) is 0 Å². The van der Waals surface area contributed by atoms with Gasteiger partial charge in [-0.3, -0.25) is 0 Å². The Labute approximate surface area is 125 Å². The van der Waals surface area contributed by atoms with Crippen molar-refractivity contribution in [1.82, 2.24) is 10.2 Å². The van der Waals surface area contributed by atoms with Crippen molar-refractivity contribution in [2.75, 3.05) is 34.9 Å². The van der Waals surface area contributed by atoms with E-state index in [1.807, 2.05) is 13.1 Å². The molecule has 0 fully saturated rings. The van der Waals surface area contributed by atoms with Crippen LogP contribution in [0, 0.1) is 0 Å². The second-order valence-electron chi connectivity index (χ2n) is 4.90. The summed E-state index contributed by atoms with van der Waals surface area (Å²) in [6.07, 6.45) is 0.405. The molecule has 21 heavy (non-hydrogen) atoms. The molecule has 1 aromatic carbocycles. The fourth-order valence-electron chi connectivity index (χ4n) is 2.79. The fraction of sp³-hybridized carbons (Fsp3) is 0.533. The quantitative estimate of drug-likeness (QED) is 0.913. The summed E-state index contributed by atoms with van der Waals surface area (Å²) in [7, 11) is 6.60. The first-order chi connectivity index (χ1) is 10.2. The van der Waals surface area contributed by atoms with Crippen LogP contribution in [0.2, 0.25) is 0 Å². The van der Waals surface area contributed by atoms with Crippen LogP contribution in [-0.2, 0) is 24.2 Å². The van der Waals surface area contributed by atoms with E-state index in [-0.39, 0.29) is 6.09 Å². The van der Waals surface area contributed by atoms with Crippen LogP contribution in [-0.4, -0.2) is 45.9 Å². The highest BCUT2D eigenvalue weighted by molar-refractivity contribution is 5.69. The number of hydrogen-bond acceptors (Lipinski definition) is 5. The molecule has 2 rings (SSSR count). The number of nitrogens with one attached hydrogen (secondary N) is 1. The van der Waals surface area contributed by atoms with Gasteiger partial charge in [0.2, 0.25) is 0 Å². The van der Waals surface area contributed by atoms with Crippen molar-refractivity contribution in [3.05, 3.63) is 22.8 Å². The number of carbonyl (C=O) groups excluding carboxylic acids is 1. The predicted octanol–water partition coefficient (Wildman–Crippen LogP) is 1.55. The Morgan fingerprint density at radius 3 is 2.62 bits per heavy atom. The van der Waals surface area contributed by atoms with Crippen molar-refractivity contribution in [3.63, 3.8) is 0 Å². The Balaban J connectivity index is 2.46. The predicted molar refractivity (Wildman–Crippen MR) is 78.8 cm³/mol. The van der Waals surface area contributed by atoms with Gasteiger partial charge in [-0.05, 0) is 19.5 Å². The minimum Gasteiger partial charge on any atom is -0.496 e. The lowest BCUT2D eigenvalue weighted by Gasteiger charge is -2.30. The Hall–Kier alpha value is -1.95. The van der Waals surface area contributed by atoms with Gasteiger partial charge in [-0.2, -0.15) is 0 Å². The zero-order valence-corrected chi connectivity index (χ0v) is 13.0. The number of rotatable bonds is 4. The molecule has 0 aliphatic carbocycles. The first-order valence-electron chi connectivity index (χ1n) is 6.89. The monoisotopic (exact) mass is 294 g/mol. The van der Waals surface area contributed by atoms with Crippen LogP contribution in [0.5, 0.6) is 11.5 Å². The molecule has 0 radical (unpaired) electrons. The number of nitrogens with zero attached hydrogens (tertiary/aromatic N) is 1. The van der Waals surface area contributed by atoms with E-state index >= 15 is 0 Å². The molecule has 1 heterocycles. The minimum atomic E-state index is -0.319. The first-order valence-corrected chi connectivity index (χ1v) is 6.89. The summed E-state index contributed by atoms with van der Waals surface area (Å²) in [4.78, 5) is 13.4. The molecule has 1 N–H and O–H groups in total. The van der Waals surface area contributed by atoms with E-state index in [1.54, 1.807) is 19.1 Å². The molecule has 1 aliphatic rings. The SMILES string of the molecule is CNCc1cc(OC)c2c(c1OC)CCN(C(=O)OC)C2. The zero-order valence-electron chi connectivity index (χ0n) is 13.0. The highest BCUT2D eigenvalue weighted by Crippen LogP contribution is 2.38. The van der Waals surface area contributed by atoms with Gasteiger partial charge in [0.15, 0.2) is 0 Å². The van der Waals surface area contributed by atoms with Gasteiger partial charge in [-0.25, -0.2) is 4.79 Å².